The van der Waals surface area contributed by atoms with Crippen LogP contribution in [-0.2, 0) is 0 Å². The number of aliphatic hydroxyl groups excluding tert-OH is 1. The van der Waals surface area contributed by atoms with Crippen LogP contribution >= 0.6 is 0 Å². The van der Waals surface area contributed by atoms with Gasteiger partial charge in [0.05, 0.1) is 24.8 Å². The second-order valence-electron chi connectivity index (χ2n) is 10.8. The zero-order chi connectivity index (χ0) is 31.4. The summed E-state index contributed by atoms with van der Waals surface area (Å²) in [6, 6.07) is 13.7. The van der Waals surface area contributed by atoms with Crippen LogP contribution in [0.3, 0.4) is 0 Å². The first-order chi connectivity index (χ1) is 21.1. The van der Waals surface area contributed by atoms with Crippen molar-refractivity contribution in [1.82, 2.24) is 9.80 Å². The van der Waals surface area contributed by atoms with Crippen LogP contribution in [-0.4, -0.2) is 78.6 Å². The number of ether oxygens (including phenoxy) is 3. The van der Waals surface area contributed by atoms with E-state index in [1.54, 1.807) is 49.2 Å². The van der Waals surface area contributed by atoms with Gasteiger partial charge >= 0.3 is 12.1 Å². The van der Waals surface area contributed by atoms with E-state index in [1.165, 1.54) is 35.2 Å². The molecule has 5 rings (SSSR count). The Balaban J connectivity index is 1.33. The lowest BCUT2D eigenvalue weighted by atomic mass is 9.99. The average Bonchev–Trinajstić information content (AvgIpc) is 3.48. The van der Waals surface area contributed by atoms with Crippen molar-refractivity contribution < 1.29 is 38.1 Å². The molecule has 0 bridgehead atoms. The summed E-state index contributed by atoms with van der Waals surface area (Å²) in [5, 5.41) is 18.1. The molecule has 0 saturated heterocycles. The Morgan fingerprint density at radius 2 is 1.61 bits per heavy atom. The molecule has 0 spiro atoms. The molecule has 3 aromatic carbocycles. The molecule has 44 heavy (non-hydrogen) atoms. The Morgan fingerprint density at radius 1 is 0.977 bits per heavy atom. The van der Waals surface area contributed by atoms with Gasteiger partial charge in [-0.2, -0.15) is 0 Å². The second-order valence-corrected chi connectivity index (χ2v) is 10.8. The number of hydrogen-bond donors (Lipinski definition) is 4. The van der Waals surface area contributed by atoms with Crippen LogP contribution in [0.25, 0.3) is 0 Å². The average molecular weight is 608 g/mol. The van der Waals surface area contributed by atoms with Gasteiger partial charge in [0.2, 0.25) is 6.79 Å². The molecule has 3 aromatic rings. The normalized spacial score (nSPS) is 17.8. The molecule has 0 radical (unpaired) electrons. The summed E-state index contributed by atoms with van der Waals surface area (Å²) in [4.78, 5) is 42.4. The lowest BCUT2D eigenvalue weighted by Gasteiger charge is -2.38. The molecule has 2 aliphatic heterocycles. The van der Waals surface area contributed by atoms with Crippen LogP contribution in [0.15, 0.2) is 60.7 Å². The Labute approximate surface area is 253 Å². The number of benzene rings is 3. The number of likely N-dealkylation sites (N-methyl/N-ethyl adjacent to an activating group) is 1. The van der Waals surface area contributed by atoms with Crippen LogP contribution in [0.2, 0.25) is 0 Å². The van der Waals surface area contributed by atoms with Gasteiger partial charge in [-0.3, -0.25) is 4.79 Å². The molecule has 0 fully saturated rings. The molecule has 5 amide bonds. The highest BCUT2D eigenvalue weighted by molar-refractivity contribution is 6.02. The Hall–Kier alpha value is -5.04. The van der Waals surface area contributed by atoms with Gasteiger partial charge in [-0.05, 0) is 61.5 Å². The lowest BCUT2D eigenvalue weighted by molar-refractivity contribution is 0.0371. The number of rotatable bonds is 7. The zero-order valence-electron chi connectivity index (χ0n) is 24.5. The second kappa shape index (κ2) is 13.1. The van der Waals surface area contributed by atoms with E-state index in [0.717, 1.165) is 0 Å². The molecule has 0 unspecified atom stereocenters. The first kappa shape index (κ1) is 30.4. The molecular formula is C31H34FN5O7. The van der Waals surface area contributed by atoms with Crippen molar-refractivity contribution in [3.8, 4) is 17.2 Å². The highest BCUT2D eigenvalue weighted by atomic mass is 19.1. The van der Waals surface area contributed by atoms with Gasteiger partial charge < -0.3 is 45.1 Å². The molecule has 4 N–H and O–H groups in total. The van der Waals surface area contributed by atoms with Crippen molar-refractivity contribution >= 4 is 35.0 Å². The minimum Gasteiger partial charge on any atom is -0.487 e. The van der Waals surface area contributed by atoms with Crippen LogP contribution in [0, 0.1) is 11.7 Å². The van der Waals surface area contributed by atoms with Gasteiger partial charge in [-0.1, -0.05) is 6.92 Å². The highest BCUT2D eigenvalue weighted by Crippen LogP contribution is 2.34. The third-order valence-electron chi connectivity index (χ3n) is 7.45. The maximum absolute atomic E-state index is 13.7. The fourth-order valence-electron chi connectivity index (χ4n) is 4.89. The van der Waals surface area contributed by atoms with Gasteiger partial charge in [0, 0.05) is 42.6 Å². The number of fused-ring (bicyclic) bond motifs is 2. The molecule has 232 valence electrons. The van der Waals surface area contributed by atoms with Gasteiger partial charge in [0.1, 0.15) is 17.7 Å². The Kier molecular flexibility index (Phi) is 9.04. The summed E-state index contributed by atoms with van der Waals surface area (Å²) in [7, 11) is 1.61. The van der Waals surface area contributed by atoms with Crippen LogP contribution in [0.4, 0.5) is 31.0 Å². The predicted octanol–water partition coefficient (Wildman–Crippen LogP) is 4.58. The SMILES string of the molecule is C[C@@H]1CN([C@H](C)CO)C(=O)c2cc(NC(=O)Nc3ccc4c(c3)OCO4)ccc2O[C@@H]1CN(C)C(=O)Nc1ccc(F)cc1. The summed E-state index contributed by atoms with van der Waals surface area (Å²) >= 11 is 0. The summed E-state index contributed by atoms with van der Waals surface area (Å²) in [5.41, 5.74) is 1.47. The summed E-state index contributed by atoms with van der Waals surface area (Å²) < 4.78 is 30.2. The first-order valence-electron chi connectivity index (χ1n) is 14.1. The van der Waals surface area contributed by atoms with Crippen LogP contribution in [0.1, 0.15) is 24.2 Å². The largest absolute Gasteiger partial charge is 0.487 e. The Bertz CT molecular complexity index is 1540. The zero-order valence-corrected chi connectivity index (χ0v) is 24.5. The number of carbonyl (C=O) groups excluding carboxylic acids is 3. The van der Waals surface area contributed by atoms with E-state index in [0.29, 0.717) is 28.6 Å². The monoisotopic (exact) mass is 607 g/mol. The number of urea groups is 2. The van der Waals surface area contributed by atoms with E-state index in [1.807, 2.05) is 6.92 Å². The van der Waals surface area contributed by atoms with Crippen molar-refractivity contribution in [3.63, 3.8) is 0 Å². The summed E-state index contributed by atoms with van der Waals surface area (Å²) in [5.74, 6) is 0.376. The summed E-state index contributed by atoms with van der Waals surface area (Å²) in [6.45, 7) is 3.92. The van der Waals surface area contributed by atoms with Crippen LogP contribution < -0.4 is 30.2 Å². The smallest absolute Gasteiger partial charge is 0.323 e. The minimum atomic E-state index is -0.538. The number of nitrogens with zero attached hydrogens (tertiary/aromatic N) is 2. The highest BCUT2D eigenvalue weighted by Gasteiger charge is 2.34. The number of amides is 5. The van der Waals surface area contributed by atoms with E-state index >= 15 is 0 Å². The molecule has 0 aromatic heterocycles. The maximum atomic E-state index is 13.7. The number of halogens is 1. The van der Waals surface area contributed by atoms with Gasteiger partial charge in [-0.15, -0.1) is 0 Å². The van der Waals surface area contributed by atoms with Gasteiger partial charge in [-0.25, -0.2) is 14.0 Å². The van der Waals surface area contributed by atoms with Crippen molar-refractivity contribution in [1.29, 1.82) is 0 Å². The number of anilines is 3. The summed E-state index contributed by atoms with van der Waals surface area (Å²) in [6.07, 6.45) is -0.535. The number of nitrogens with one attached hydrogen (secondary N) is 3. The van der Waals surface area contributed by atoms with E-state index in [2.05, 4.69) is 16.0 Å². The Morgan fingerprint density at radius 3 is 2.32 bits per heavy atom. The standard InChI is InChI=1S/C31H34FN5O7/c1-18-14-37(19(2)16-38)29(39)24-12-22(33-30(40)34-23-9-11-26-27(13-23)43-17-42-26)8-10-25(24)44-28(18)15-36(3)31(41)35-21-6-4-20(32)5-7-21/h4-13,18-19,28,38H,14-17H2,1-3H3,(H,35,41)(H2,33,34,40)/t18-,19-,28-/m1/s1. The molecule has 2 aliphatic rings. The van der Waals surface area contributed by atoms with E-state index < -0.39 is 30.0 Å². The van der Waals surface area contributed by atoms with Gasteiger partial charge in [0.15, 0.2) is 11.5 Å². The number of hydrogen-bond acceptors (Lipinski definition) is 7. The third-order valence-corrected chi connectivity index (χ3v) is 7.45. The molecular weight excluding hydrogens is 573 g/mol. The topological polar surface area (TPSA) is 142 Å². The fraction of sp³-hybridized carbons (Fsp3) is 0.323. The van der Waals surface area contributed by atoms with Crippen molar-refractivity contribution in [3.05, 3.63) is 72.0 Å². The predicted molar refractivity (Wildman–Crippen MR) is 161 cm³/mol. The quantitative estimate of drug-likeness (QED) is 0.308. The van der Waals surface area contributed by atoms with Crippen molar-refractivity contribution in [2.45, 2.75) is 26.0 Å². The molecule has 0 aliphatic carbocycles. The van der Waals surface area contributed by atoms with Crippen molar-refractivity contribution in [2.75, 3.05) is 49.5 Å². The van der Waals surface area contributed by atoms with Crippen LogP contribution in [0.5, 0.6) is 17.2 Å². The van der Waals surface area contributed by atoms with E-state index in [4.69, 9.17) is 14.2 Å². The third kappa shape index (κ3) is 6.94. The maximum Gasteiger partial charge on any atom is 0.323 e. The molecule has 3 atom stereocenters. The number of aliphatic hydroxyl groups is 1. The van der Waals surface area contributed by atoms with E-state index in [9.17, 15) is 23.9 Å². The minimum absolute atomic E-state index is 0.112. The molecule has 2 heterocycles. The molecule has 0 saturated carbocycles. The van der Waals surface area contributed by atoms with Crippen molar-refractivity contribution in [2.24, 2.45) is 5.92 Å². The van der Waals surface area contributed by atoms with E-state index in [-0.39, 0.29) is 49.6 Å². The van der Waals surface area contributed by atoms with Gasteiger partial charge in [0.25, 0.3) is 5.91 Å². The number of carbonyl (C=O) groups is 3. The fourth-order valence-corrected chi connectivity index (χ4v) is 4.89. The first-order valence-corrected chi connectivity index (χ1v) is 14.1. The molecule has 12 nitrogen and oxygen atoms in total. The molecule has 13 heteroatoms. The lowest BCUT2D eigenvalue weighted by Crippen LogP contribution is -2.50.